The second-order valence-electron chi connectivity index (χ2n) is 7.99. The Morgan fingerprint density at radius 1 is 1.15 bits per heavy atom. The molecule has 1 saturated heterocycles. The van der Waals surface area contributed by atoms with Crippen molar-refractivity contribution in [2.24, 2.45) is 0 Å². The number of piperazine rings is 1. The molecule has 1 aliphatic heterocycles. The van der Waals surface area contributed by atoms with E-state index in [4.69, 9.17) is 27.9 Å². The van der Waals surface area contributed by atoms with Gasteiger partial charge in [0.15, 0.2) is 4.90 Å². The standard InChI is InChI=1S/C24H28Cl2N2O4S/c1-5-32-24(30)17(4)33(31)22-10-9-18(13-21(22)26)23(29)28-12-11-27(15(2)16(28)3)20-8-6-7-19(25)14-20/h6-10,13-17H,5,11-12H2,1-4H3. The summed E-state index contributed by atoms with van der Waals surface area (Å²) < 4.78 is 17.7. The van der Waals surface area contributed by atoms with Crippen molar-refractivity contribution in [2.75, 3.05) is 24.6 Å². The van der Waals surface area contributed by atoms with Gasteiger partial charge in [-0.3, -0.25) is 4.79 Å². The Morgan fingerprint density at radius 3 is 2.52 bits per heavy atom. The van der Waals surface area contributed by atoms with Crippen LogP contribution in [-0.2, 0) is 20.7 Å². The molecule has 0 radical (unpaired) electrons. The highest BCUT2D eigenvalue weighted by atomic mass is 35.5. The molecular weight excluding hydrogens is 483 g/mol. The summed E-state index contributed by atoms with van der Waals surface area (Å²) in [7, 11) is 0. The normalized spacial score (nSPS) is 20.3. The molecule has 1 amide bonds. The van der Waals surface area contributed by atoms with Crippen molar-refractivity contribution >= 4 is 51.9 Å². The predicted octanol–water partition coefficient (Wildman–Crippen LogP) is 4.79. The van der Waals surface area contributed by atoms with Gasteiger partial charge in [0, 0.05) is 52.6 Å². The van der Waals surface area contributed by atoms with E-state index in [-0.39, 0.29) is 29.6 Å². The molecule has 0 aliphatic carbocycles. The van der Waals surface area contributed by atoms with Crippen LogP contribution >= 0.6 is 23.2 Å². The van der Waals surface area contributed by atoms with E-state index in [0.717, 1.165) is 5.69 Å². The fraction of sp³-hybridized carbons (Fsp3) is 0.417. The molecule has 0 saturated carbocycles. The van der Waals surface area contributed by atoms with Crippen LogP contribution in [0.15, 0.2) is 47.4 Å². The van der Waals surface area contributed by atoms with E-state index in [1.54, 1.807) is 19.1 Å². The van der Waals surface area contributed by atoms with Crippen molar-refractivity contribution in [1.82, 2.24) is 4.90 Å². The largest absolute Gasteiger partial charge is 0.611 e. The number of carbonyl (C=O) groups is 2. The van der Waals surface area contributed by atoms with Gasteiger partial charge in [0.05, 0.1) is 11.6 Å². The van der Waals surface area contributed by atoms with Crippen molar-refractivity contribution in [2.45, 2.75) is 49.9 Å². The van der Waals surface area contributed by atoms with Crippen LogP contribution in [0, 0.1) is 0 Å². The van der Waals surface area contributed by atoms with E-state index in [1.807, 2.05) is 36.1 Å². The highest BCUT2D eigenvalue weighted by Crippen LogP contribution is 2.30. The lowest BCUT2D eigenvalue weighted by Crippen LogP contribution is -2.59. The Bertz CT molecular complexity index is 1020. The number of ether oxygens (including phenoxy) is 1. The highest BCUT2D eigenvalue weighted by molar-refractivity contribution is 7.92. The quantitative estimate of drug-likeness (QED) is 0.412. The van der Waals surface area contributed by atoms with E-state index in [2.05, 4.69) is 11.8 Å². The zero-order valence-electron chi connectivity index (χ0n) is 19.1. The highest BCUT2D eigenvalue weighted by Gasteiger charge is 2.35. The predicted molar refractivity (Wildman–Crippen MR) is 133 cm³/mol. The number of esters is 1. The third-order valence-corrected chi connectivity index (χ3v) is 8.28. The molecule has 2 aromatic rings. The molecule has 0 bridgehead atoms. The van der Waals surface area contributed by atoms with E-state index < -0.39 is 22.4 Å². The van der Waals surface area contributed by atoms with Gasteiger partial charge in [-0.2, -0.15) is 0 Å². The second-order valence-corrected chi connectivity index (χ2v) is 10.6. The van der Waals surface area contributed by atoms with Crippen LogP contribution in [0.4, 0.5) is 5.69 Å². The van der Waals surface area contributed by atoms with Gasteiger partial charge in [0.25, 0.3) is 5.91 Å². The molecule has 1 heterocycles. The van der Waals surface area contributed by atoms with Crippen LogP contribution in [0.2, 0.25) is 10.0 Å². The van der Waals surface area contributed by atoms with Gasteiger partial charge in [0.1, 0.15) is 0 Å². The summed E-state index contributed by atoms with van der Waals surface area (Å²) in [4.78, 5) is 29.6. The third-order valence-electron chi connectivity index (χ3n) is 6.00. The number of rotatable bonds is 6. The van der Waals surface area contributed by atoms with Crippen LogP contribution in [0.3, 0.4) is 0 Å². The fourth-order valence-corrected chi connectivity index (χ4v) is 5.62. The Labute approximate surface area is 208 Å². The zero-order chi connectivity index (χ0) is 24.3. The summed E-state index contributed by atoms with van der Waals surface area (Å²) in [6, 6.07) is 12.4. The number of halogens is 2. The number of anilines is 1. The molecule has 178 valence electrons. The first-order valence-corrected chi connectivity index (χ1v) is 12.8. The number of carbonyl (C=O) groups excluding carboxylic acids is 2. The van der Waals surface area contributed by atoms with E-state index in [0.29, 0.717) is 28.6 Å². The summed E-state index contributed by atoms with van der Waals surface area (Å²) in [6.45, 7) is 8.76. The molecule has 33 heavy (non-hydrogen) atoms. The van der Waals surface area contributed by atoms with E-state index in [9.17, 15) is 14.1 Å². The minimum atomic E-state index is -1.69. The van der Waals surface area contributed by atoms with Crippen molar-refractivity contribution in [3.8, 4) is 0 Å². The SMILES string of the molecule is CCOC(=O)C(C)[S+]([O-])c1ccc(C(=O)N2CCN(c3cccc(Cl)c3)C(C)C2C)cc1Cl. The Balaban J connectivity index is 1.75. The first-order chi connectivity index (χ1) is 15.6. The lowest BCUT2D eigenvalue weighted by atomic mass is 10.0. The topological polar surface area (TPSA) is 72.9 Å². The molecule has 3 rings (SSSR count). The molecule has 0 aromatic heterocycles. The molecule has 0 spiro atoms. The lowest BCUT2D eigenvalue weighted by molar-refractivity contribution is -0.142. The zero-order valence-corrected chi connectivity index (χ0v) is 21.4. The molecule has 4 atom stereocenters. The fourth-order valence-electron chi connectivity index (χ4n) is 3.95. The summed E-state index contributed by atoms with van der Waals surface area (Å²) in [5.74, 6) is -0.690. The molecule has 6 nitrogen and oxygen atoms in total. The molecule has 9 heteroatoms. The molecule has 1 aliphatic rings. The maximum Gasteiger partial charge on any atom is 0.359 e. The second kappa shape index (κ2) is 11.0. The average molecular weight is 511 g/mol. The van der Waals surface area contributed by atoms with E-state index in [1.165, 1.54) is 13.0 Å². The average Bonchev–Trinajstić information content (AvgIpc) is 2.79. The van der Waals surface area contributed by atoms with Crippen LogP contribution in [0.5, 0.6) is 0 Å². The van der Waals surface area contributed by atoms with Crippen molar-refractivity contribution < 1.29 is 18.9 Å². The molecule has 1 fully saturated rings. The summed E-state index contributed by atoms with van der Waals surface area (Å²) >= 11 is 10.9. The van der Waals surface area contributed by atoms with Crippen molar-refractivity contribution in [3.63, 3.8) is 0 Å². The number of amides is 1. The number of nitrogens with zero attached hydrogens (tertiary/aromatic N) is 2. The smallest absolute Gasteiger partial charge is 0.359 e. The van der Waals surface area contributed by atoms with Crippen molar-refractivity contribution in [3.05, 3.63) is 58.1 Å². The number of benzene rings is 2. The Hall–Kier alpha value is -1.93. The Morgan fingerprint density at radius 2 is 1.88 bits per heavy atom. The summed E-state index contributed by atoms with van der Waals surface area (Å²) in [6.07, 6.45) is 0. The monoisotopic (exact) mass is 510 g/mol. The first kappa shape index (κ1) is 25.7. The molecule has 0 N–H and O–H groups in total. The maximum absolute atomic E-state index is 13.3. The first-order valence-electron chi connectivity index (χ1n) is 10.9. The molecule has 2 aromatic carbocycles. The molecular formula is C24H28Cl2N2O4S. The van der Waals surface area contributed by atoms with Crippen LogP contribution in [0.1, 0.15) is 38.1 Å². The minimum absolute atomic E-state index is 0.0540. The Kier molecular flexibility index (Phi) is 8.56. The minimum Gasteiger partial charge on any atom is -0.611 e. The van der Waals surface area contributed by atoms with Crippen LogP contribution in [-0.4, -0.2) is 58.4 Å². The number of hydrogen-bond acceptors (Lipinski definition) is 5. The van der Waals surface area contributed by atoms with Crippen LogP contribution in [0.25, 0.3) is 0 Å². The van der Waals surface area contributed by atoms with Gasteiger partial charge >= 0.3 is 5.97 Å². The van der Waals surface area contributed by atoms with Gasteiger partial charge in [-0.15, -0.1) is 0 Å². The summed E-state index contributed by atoms with van der Waals surface area (Å²) in [5, 5.41) is 0.00768. The van der Waals surface area contributed by atoms with Gasteiger partial charge < -0.3 is 19.1 Å². The third kappa shape index (κ3) is 5.60. The molecule has 4 unspecified atom stereocenters. The van der Waals surface area contributed by atoms with Gasteiger partial charge in [-0.05, 0) is 64.1 Å². The van der Waals surface area contributed by atoms with Crippen molar-refractivity contribution in [1.29, 1.82) is 0 Å². The van der Waals surface area contributed by atoms with Gasteiger partial charge in [-0.1, -0.05) is 29.3 Å². The maximum atomic E-state index is 13.3. The summed E-state index contributed by atoms with van der Waals surface area (Å²) in [5.41, 5.74) is 1.44. The lowest BCUT2D eigenvalue weighted by Gasteiger charge is -2.46. The number of hydrogen-bond donors (Lipinski definition) is 0. The van der Waals surface area contributed by atoms with E-state index >= 15 is 0 Å². The van der Waals surface area contributed by atoms with Gasteiger partial charge in [-0.25, -0.2) is 4.79 Å². The van der Waals surface area contributed by atoms with Gasteiger partial charge in [0.2, 0.25) is 5.25 Å². The van der Waals surface area contributed by atoms with Crippen LogP contribution < -0.4 is 4.90 Å².